The van der Waals surface area contributed by atoms with Gasteiger partial charge in [-0.15, -0.1) is 0 Å². The van der Waals surface area contributed by atoms with Gasteiger partial charge in [0.25, 0.3) is 0 Å². The number of benzene rings is 1. The van der Waals surface area contributed by atoms with E-state index in [1.165, 1.54) is 7.11 Å². The molecule has 0 bridgehead atoms. The molecule has 0 spiro atoms. The molecule has 2 aromatic rings. The second kappa shape index (κ2) is 8.50. The molecule has 0 aliphatic heterocycles. The fraction of sp³-hybridized carbons (Fsp3) is 0.188. The topological polar surface area (TPSA) is 92.4 Å². The van der Waals surface area contributed by atoms with Crippen molar-refractivity contribution < 1.29 is 14.3 Å². The summed E-state index contributed by atoms with van der Waals surface area (Å²) in [5, 5.41) is 8.07. The Hall–Kier alpha value is -2.93. The summed E-state index contributed by atoms with van der Waals surface area (Å²) in [6, 6.07) is 12.0. The number of hydrogen-bond donors (Lipinski definition) is 3. The Balaban J connectivity index is 1.87. The van der Waals surface area contributed by atoms with E-state index in [2.05, 4.69) is 20.9 Å². The minimum atomic E-state index is -0.351. The van der Waals surface area contributed by atoms with E-state index in [1.807, 2.05) is 18.2 Å². The molecule has 0 aliphatic rings. The average Bonchev–Trinajstić information content (AvgIpc) is 2.54. The van der Waals surface area contributed by atoms with E-state index in [0.29, 0.717) is 17.9 Å². The molecule has 0 aliphatic carbocycles. The smallest absolute Gasteiger partial charge is 0.319 e. The van der Waals surface area contributed by atoms with Crippen molar-refractivity contribution in [2.45, 2.75) is 6.54 Å². The van der Waals surface area contributed by atoms with Crippen LogP contribution >= 0.6 is 0 Å². The fourth-order valence-corrected chi connectivity index (χ4v) is 1.85. The van der Waals surface area contributed by atoms with Crippen molar-refractivity contribution in [1.29, 1.82) is 0 Å². The first-order chi connectivity index (χ1) is 11.2. The zero-order valence-corrected chi connectivity index (χ0v) is 12.7. The van der Waals surface area contributed by atoms with E-state index in [-0.39, 0.29) is 18.5 Å². The van der Waals surface area contributed by atoms with E-state index in [0.717, 1.165) is 5.69 Å². The Morgan fingerprint density at radius 1 is 1.09 bits per heavy atom. The van der Waals surface area contributed by atoms with Crippen molar-refractivity contribution in [2.24, 2.45) is 0 Å². The lowest BCUT2D eigenvalue weighted by molar-refractivity contribution is -0.119. The highest BCUT2D eigenvalue weighted by molar-refractivity contribution is 5.94. The normalized spacial score (nSPS) is 9.96. The van der Waals surface area contributed by atoms with Gasteiger partial charge in [-0.25, -0.2) is 4.79 Å². The molecule has 0 saturated carbocycles. The summed E-state index contributed by atoms with van der Waals surface area (Å²) in [6.07, 6.45) is 1.67. The summed E-state index contributed by atoms with van der Waals surface area (Å²) in [6.45, 7) is 0.305. The predicted molar refractivity (Wildman–Crippen MR) is 87.0 cm³/mol. The molecule has 0 unspecified atom stereocenters. The Labute approximate surface area is 134 Å². The summed E-state index contributed by atoms with van der Waals surface area (Å²) in [5.41, 5.74) is 1.91. The maximum Gasteiger partial charge on any atom is 0.319 e. The van der Waals surface area contributed by atoms with Crippen molar-refractivity contribution in [3.05, 3.63) is 54.4 Å². The minimum Gasteiger partial charge on any atom is -0.375 e. The largest absolute Gasteiger partial charge is 0.375 e. The van der Waals surface area contributed by atoms with Crippen molar-refractivity contribution in [3.63, 3.8) is 0 Å². The third-order valence-electron chi connectivity index (χ3n) is 2.84. The van der Waals surface area contributed by atoms with Gasteiger partial charge in [-0.05, 0) is 30.3 Å². The third kappa shape index (κ3) is 5.76. The number of aromatic nitrogens is 1. The molecule has 3 N–H and O–H groups in total. The summed E-state index contributed by atoms with van der Waals surface area (Å²) in [4.78, 5) is 27.4. The molecule has 120 valence electrons. The van der Waals surface area contributed by atoms with Crippen LogP contribution in [0.2, 0.25) is 0 Å². The predicted octanol–water partition coefficient (Wildman–Crippen LogP) is 1.99. The molecule has 1 aromatic carbocycles. The Kier molecular flexibility index (Phi) is 6.07. The zero-order chi connectivity index (χ0) is 16.5. The van der Waals surface area contributed by atoms with Crippen molar-refractivity contribution in [2.75, 3.05) is 24.4 Å². The monoisotopic (exact) mass is 314 g/mol. The van der Waals surface area contributed by atoms with Crippen LogP contribution in [-0.4, -0.2) is 30.6 Å². The van der Waals surface area contributed by atoms with Gasteiger partial charge in [-0.1, -0.05) is 12.1 Å². The van der Waals surface area contributed by atoms with Gasteiger partial charge in [0.2, 0.25) is 5.91 Å². The van der Waals surface area contributed by atoms with Crippen LogP contribution in [0.15, 0.2) is 48.7 Å². The molecule has 3 amide bonds. The summed E-state index contributed by atoms with van der Waals surface area (Å²) in [5.74, 6) is -0.260. The van der Waals surface area contributed by atoms with Crippen LogP contribution in [-0.2, 0) is 16.1 Å². The number of hydrogen-bond acceptors (Lipinski definition) is 4. The second-order valence-electron chi connectivity index (χ2n) is 4.69. The number of carbonyl (C=O) groups excluding carboxylic acids is 2. The average molecular weight is 314 g/mol. The van der Waals surface area contributed by atoms with Crippen LogP contribution in [0.1, 0.15) is 5.69 Å². The van der Waals surface area contributed by atoms with E-state index in [4.69, 9.17) is 4.74 Å². The van der Waals surface area contributed by atoms with Crippen LogP contribution in [0, 0.1) is 0 Å². The lowest BCUT2D eigenvalue weighted by atomic mass is 10.2. The lowest BCUT2D eigenvalue weighted by Gasteiger charge is -2.09. The molecule has 7 heteroatoms. The van der Waals surface area contributed by atoms with Crippen LogP contribution < -0.4 is 16.0 Å². The molecule has 0 saturated heterocycles. The molecular formula is C16H18N4O3. The molecule has 7 nitrogen and oxygen atoms in total. The molecule has 2 rings (SSSR count). The van der Waals surface area contributed by atoms with E-state index in [1.54, 1.807) is 30.5 Å². The second-order valence-corrected chi connectivity index (χ2v) is 4.69. The van der Waals surface area contributed by atoms with Crippen molar-refractivity contribution in [3.8, 4) is 0 Å². The Morgan fingerprint density at radius 3 is 2.57 bits per heavy atom. The third-order valence-corrected chi connectivity index (χ3v) is 2.84. The quantitative estimate of drug-likeness (QED) is 0.760. The highest BCUT2D eigenvalue weighted by atomic mass is 16.5. The van der Waals surface area contributed by atoms with Crippen molar-refractivity contribution >= 4 is 23.3 Å². The number of urea groups is 1. The number of amides is 3. The lowest BCUT2D eigenvalue weighted by Crippen LogP contribution is -2.28. The van der Waals surface area contributed by atoms with Gasteiger partial charge >= 0.3 is 6.03 Å². The van der Waals surface area contributed by atoms with E-state index < -0.39 is 0 Å². The molecule has 0 atom stereocenters. The van der Waals surface area contributed by atoms with Gasteiger partial charge in [-0.2, -0.15) is 0 Å². The van der Waals surface area contributed by atoms with Gasteiger partial charge in [0, 0.05) is 24.7 Å². The van der Waals surface area contributed by atoms with Crippen LogP contribution in [0.5, 0.6) is 0 Å². The number of nitrogens with one attached hydrogen (secondary N) is 3. The number of methoxy groups -OCH3 is 1. The van der Waals surface area contributed by atoms with Crippen LogP contribution in [0.3, 0.4) is 0 Å². The highest BCUT2D eigenvalue weighted by Crippen LogP contribution is 2.14. The number of pyridine rings is 1. The summed E-state index contributed by atoms with van der Waals surface area (Å²) < 4.78 is 4.75. The number of ether oxygens (including phenoxy) is 1. The van der Waals surface area contributed by atoms with E-state index >= 15 is 0 Å². The van der Waals surface area contributed by atoms with Gasteiger partial charge in [-0.3, -0.25) is 9.78 Å². The first kappa shape index (κ1) is 16.4. The maximum absolute atomic E-state index is 11.9. The number of rotatable bonds is 6. The van der Waals surface area contributed by atoms with Gasteiger partial charge < -0.3 is 20.7 Å². The first-order valence-corrected chi connectivity index (χ1v) is 7.01. The molecular weight excluding hydrogens is 296 g/mol. The van der Waals surface area contributed by atoms with E-state index in [9.17, 15) is 9.59 Å². The van der Waals surface area contributed by atoms with Crippen LogP contribution in [0.25, 0.3) is 0 Å². The number of anilines is 2. The van der Waals surface area contributed by atoms with Gasteiger partial charge in [0.05, 0.1) is 12.2 Å². The van der Waals surface area contributed by atoms with Gasteiger partial charge in [0.1, 0.15) is 6.61 Å². The Morgan fingerprint density at radius 2 is 1.87 bits per heavy atom. The fourth-order valence-electron chi connectivity index (χ4n) is 1.85. The number of nitrogens with zero attached hydrogens (tertiary/aromatic N) is 1. The molecule has 23 heavy (non-hydrogen) atoms. The molecule has 1 heterocycles. The number of carbonyl (C=O) groups is 2. The zero-order valence-electron chi connectivity index (χ0n) is 12.7. The standard InChI is InChI=1S/C16H18N4O3/c1-23-11-15(21)19-12-6-4-7-13(9-12)20-16(22)18-10-14-5-2-3-8-17-14/h2-9H,10-11H2,1H3,(H,19,21)(H2,18,20,22). The summed E-state index contributed by atoms with van der Waals surface area (Å²) >= 11 is 0. The first-order valence-electron chi connectivity index (χ1n) is 7.01. The maximum atomic E-state index is 11.9. The molecule has 1 aromatic heterocycles. The highest BCUT2D eigenvalue weighted by Gasteiger charge is 2.05. The molecule has 0 fully saturated rings. The Bertz CT molecular complexity index is 661. The van der Waals surface area contributed by atoms with Crippen molar-refractivity contribution in [1.82, 2.24) is 10.3 Å². The minimum absolute atomic E-state index is 0.0256. The SMILES string of the molecule is COCC(=O)Nc1cccc(NC(=O)NCc2ccccn2)c1. The summed E-state index contributed by atoms with van der Waals surface area (Å²) in [7, 11) is 1.45. The molecule has 0 radical (unpaired) electrons. The van der Waals surface area contributed by atoms with Crippen LogP contribution in [0.4, 0.5) is 16.2 Å². The van der Waals surface area contributed by atoms with Gasteiger partial charge in [0.15, 0.2) is 0 Å².